The number of aliphatic hydroxyl groups excluding tert-OH is 1. The molecule has 1 fully saturated rings. The van der Waals surface area contributed by atoms with Crippen molar-refractivity contribution in [3.63, 3.8) is 0 Å². The second-order valence-electron chi connectivity index (χ2n) is 4.14. The highest BCUT2D eigenvalue weighted by molar-refractivity contribution is 7.13. The number of aliphatic hydroxyl groups is 1. The van der Waals surface area contributed by atoms with Crippen LogP contribution in [0.3, 0.4) is 0 Å². The molecule has 3 unspecified atom stereocenters. The van der Waals surface area contributed by atoms with Gasteiger partial charge in [-0.25, -0.2) is 0 Å². The van der Waals surface area contributed by atoms with Gasteiger partial charge >= 0.3 is 0 Å². The Morgan fingerprint density at radius 2 is 2.29 bits per heavy atom. The van der Waals surface area contributed by atoms with Crippen molar-refractivity contribution < 1.29 is 5.11 Å². The first-order chi connectivity index (χ1) is 6.77. The SMILES string of the molecule is OC1CN(P)CCC1C1=CCCC=C1. The van der Waals surface area contributed by atoms with Crippen LogP contribution in [0.2, 0.25) is 0 Å². The second kappa shape index (κ2) is 4.57. The van der Waals surface area contributed by atoms with Gasteiger partial charge in [0.2, 0.25) is 0 Å². The Balaban J connectivity index is 2.03. The molecule has 14 heavy (non-hydrogen) atoms. The van der Waals surface area contributed by atoms with Gasteiger partial charge in [0.1, 0.15) is 0 Å². The number of nitrogens with zero attached hydrogens (tertiary/aromatic N) is 1. The van der Waals surface area contributed by atoms with E-state index in [0.717, 1.165) is 32.4 Å². The third kappa shape index (κ3) is 2.25. The summed E-state index contributed by atoms with van der Waals surface area (Å²) in [5, 5.41) is 9.96. The predicted octanol–water partition coefficient (Wildman–Crippen LogP) is 1.74. The normalized spacial score (nSPS) is 34.3. The Kier molecular flexibility index (Phi) is 3.38. The Morgan fingerprint density at radius 1 is 1.43 bits per heavy atom. The first-order valence-corrected chi connectivity index (χ1v) is 5.83. The summed E-state index contributed by atoms with van der Waals surface area (Å²) in [6.45, 7) is 1.85. The fourth-order valence-corrected chi connectivity index (χ4v) is 2.62. The largest absolute Gasteiger partial charge is 0.391 e. The molecule has 0 saturated carbocycles. The quantitative estimate of drug-likeness (QED) is 0.668. The van der Waals surface area contributed by atoms with Gasteiger partial charge in [0, 0.05) is 19.0 Å². The van der Waals surface area contributed by atoms with E-state index in [-0.39, 0.29) is 6.10 Å². The Labute approximate surface area is 87.9 Å². The predicted molar refractivity (Wildman–Crippen MR) is 61.9 cm³/mol. The van der Waals surface area contributed by atoms with Gasteiger partial charge in [-0.15, -0.1) is 0 Å². The molecule has 1 aliphatic carbocycles. The molecule has 0 aromatic rings. The molecule has 0 aromatic carbocycles. The van der Waals surface area contributed by atoms with Crippen LogP contribution in [-0.4, -0.2) is 29.0 Å². The highest BCUT2D eigenvalue weighted by Gasteiger charge is 2.27. The molecular formula is C11H18NOP. The van der Waals surface area contributed by atoms with Crippen LogP contribution < -0.4 is 0 Å². The zero-order valence-corrected chi connectivity index (χ0v) is 9.55. The van der Waals surface area contributed by atoms with Crippen molar-refractivity contribution in [2.75, 3.05) is 13.1 Å². The standard InChI is InChI=1S/C11H18NOP/c13-11-8-12(14)7-6-10(11)9-4-2-1-3-5-9/h2,4-5,10-11,13H,1,3,6-8,14H2. The van der Waals surface area contributed by atoms with E-state index in [2.05, 4.69) is 32.3 Å². The van der Waals surface area contributed by atoms with Crippen molar-refractivity contribution in [2.24, 2.45) is 5.92 Å². The molecule has 2 rings (SSSR count). The summed E-state index contributed by atoms with van der Waals surface area (Å²) in [6.07, 6.45) is 9.86. The Hall–Kier alpha value is -0.170. The number of hydrogen-bond donors (Lipinski definition) is 1. The maximum absolute atomic E-state index is 9.96. The molecule has 2 nitrogen and oxygen atoms in total. The van der Waals surface area contributed by atoms with Crippen molar-refractivity contribution in [3.05, 3.63) is 23.8 Å². The number of piperidine rings is 1. The zero-order valence-electron chi connectivity index (χ0n) is 8.39. The maximum Gasteiger partial charge on any atom is 0.0739 e. The van der Waals surface area contributed by atoms with E-state index < -0.39 is 0 Å². The fraction of sp³-hybridized carbons (Fsp3) is 0.636. The van der Waals surface area contributed by atoms with Crippen molar-refractivity contribution >= 4 is 9.39 Å². The lowest BCUT2D eigenvalue weighted by atomic mass is 9.85. The number of hydrogen-bond acceptors (Lipinski definition) is 2. The minimum Gasteiger partial charge on any atom is -0.391 e. The number of β-amino-alcohol motifs (C(OH)–C–C–N with tert-alkyl or cyclic N) is 1. The van der Waals surface area contributed by atoms with Crippen LogP contribution in [0.1, 0.15) is 19.3 Å². The van der Waals surface area contributed by atoms with Crippen LogP contribution in [0.15, 0.2) is 23.8 Å². The second-order valence-corrected chi connectivity index (χ2v) is 4.87. The molecule has 3 atom stereocenters. The summed E-state index contributed by atoms with van der Waals surface area (Å²) in [5.41, 5.74) is 1.35. The van der Waals surface area contributed by atoms with Gasteiger partial charge in [-0.2, -0.15) is 0 Å². The first kappa shape index (κ1) is 10.4. The maximum atomic E-state index is 9.96. The first-order valence-electron chi connectivity index (χ1n) is 5.31. The van der Waals surface area contributed by atoms with E-state index in [1.54, 1.807) is 0 Å². The molecule has 1 heterocycles. The van der Waals surface area contributed by atoms with Crippen LogP contribution in [0, 0.1) is 5.92 Å². The molecule has 0 bridgehead atoms. The molecule has 1 saturated heterocycles. The molecule has 0 radical (unpaired) electrons. The molecule has 0 amide bonds. The molecule has 0 aromatic heterocycles. The Morgan fingerprint density at radius 3 is 2.93 bits per heavy atom. The van der Waals surface area contributed by atoms with E-state index >= 15 is 0 Å². The third-order valence-electron chi connectivity index (χ3n) is 3.07. The smallest absolute Gasteiger partial charge is 0.0739 e. The van der Waals surface area contributed by atoms with Gasteiger partial charge in [0.25, 0.3) is 0 Å². The fourth-order valence-electron chi connectivity index (χ4n) is 2.25. The highest BCUT2D eigenvalue weighted by Crippen LogP contribution is 2.29. The molecule has 78 valence electrons. The summed E-state index contributed by atoms with van der Waals surface area (Å²) < 4.78 is 2.12. The minimum absolute atomic E-state index is 0.199. The van der Waals surface area contributed by atoms with E-state index in [1.807, 2.05) is 0 Å². The lowest BCUT2D eigenvalue weighted by Crippen LogP contribution is -2.39. The van der Waals surface area contributed by atoms with Gasteiger partial charge < -0.3 is 5.11 Å². The average Bonchev–Trinajstić information content (AvgIpc) is 2.19. The third-order valence-corrected chi connectivity index (χ3v) is 3.53. The molecule has 1 aliphatic heterocycles. The van der Waals surface area contributed by atoms with E-state index in [1.165, 1.54) is 5.57 Å². The zero-order chi connectivity index (χ0) is 9.97. The molecule has 1 N–H and O–H groups in total. The lowest BCUT2D eigenvalue weighted by Gasteiger charge is -2.34. The van der Waals surface area contributed by atoms with Crippen molar-refractivity contribution in [1.82, 2.24) is 4.67 Å². The summed E-state index contributed by atoms with van der Waals surface area (Å²) in [5.74, 6) is 0.364. The summed E-state index contributed by atoms with van der Waals surface area (Å²) in [4.78, 5) is 0. The van der Waals surface area contributed by atoms with Crippen molar-refractivity contribution in [2.45, 2.75) is 25.4 Å². The molecular weight excluding hydrogens is 193 g/mol. The van der Waals surface area contributed by atoms with Gasteiger partial charge in [0.15, 0.2) is 0 Å². The lowest BCUT2D eigenvalue weighted by molar-refractivity contribution is 0.0727. The molecule has 3 heteroatoms. The summed E-state index contributed by atoms with van der Waals surface area (Å²) in [6, 6.07) is 0. The van der Waals surface area contributed by atoms with E-state index in [4.69, 9.17) is 0 Å². The van der Waals surface area contributed by atoms with Crippen LogP contribution >= 0.6 is 9.39 Å². The molecule has 2 aliphatic rings. The van der Waals surface area contributed by atoms with E-state index in [0.29, 0.717) is 5.92 Å². The minimum atomic E-state index is -0.199. The highest BCUT2D eigenvalue weighted by atomic mass is 31.0. The van der Waals surface area contributed by atoms with Gasteiger partial charge in [-0.1, -0.05) is 27.6 Å². The van der Waals surface area contributed by atoms with Crippen molar-refractivity contribution in [1.29, 1.82) is 0 Å². The number of rotatable bonds is 1. The van der Waals surface area contributed by atoms with Crippen LogP contribution in [0.25, 0.3) is 0 Å². The van der Waals surface area contributed by atoms with Crippen LogP contribution in [0.4, 0.5) is 0 Å². The van der Waals surface area contributed by atoms with Crippen LogP contribution in [0.5, 0.6) is 0 Å². The van der Waals surface area contributed by atoms with Crippen LogP contribution in [-0.2, 0) is 0 Å². The Bertz CT molecular complexity index is 262. The van der Waals surface area contributed by atoms with Gasteiger partial charge in [0.05, 0.1) is 6.10 Å². The average molecular weight is 211 g/mol. The number of allylic oxidation sites excluding steroid dienone is 3. The van der Waals surface area contributed by atoms with Crippen molar-refractivity contribution in [3.8, 4) is 0 Å². The monoisotopic (exact) mass is 211 g/mol. The van der Waals surface area contributed by atoms with Gasteiger partial charge in [-0.05, 0) is 24.8 Å². The van der Waals surface area contributed by atoms with Gasteiger partial charge in [-0.3, -0.25) is 4.67 Å². The topological polar surface area (TPSA) is 23.5 Å². The molecule has 0 spiro atoms. The summed E-state index contributed by atoms with van der Waals surface area (Å²) >= 11 is 0. The summed E-state index contributed by atoms with van der Waals surface area (Å²) in [7, 11) is 2.67. The van der Waals surface area contributed by atoms with E-state index in [9.17, 15) is 5.11 Å².